The van der Waals surface area contributed by atoms with Crippen LogP contribution in [-0.4, -0.2) is 43.8 Å². The molecule has 2 nitrogen and oxygen atoms in total. The number of nitrogens with zero attached hydrogens (tertiary/aromatic N) is 1. The van der Waals surface area contributed by atoms with Crippen LogP contribution in [0, 0.1) is 5.41 Å². The van der Waals surface area contributed by atoms with E-state index in [0.717, 1.165) is 32.2 Å². The highest BCUT2D eigenvalue weighted by Crippen LogP contribution is 2.37. The lowest BCUT2D eigenvalue weighted by Gasteiger charge is -2.42. The van der Waals surface area contributed by atoms with Crippen molar-refractivity contribution in [3.05, 3.63) is 0 Å². The van der Waals surface area contributed by atoms with Gasteiger partial charge in [0.05, 0.1) is 6.54 Å². The van der Waals surface area contributed by atoms with E-state index >= 15 is 0 Å². The Balaban J connectivity index is 2.72. The van der Waals surface area contributed by atoms with Gasteiger partial charge in [0.1, 0.15) is 0 Å². The average Bonchev–Trinajstić information content (AvgIpc) is 2.27. The number of halogens is 3. The Kier molecular flexibility index (Phi) is 6.12. The molecule has 0 spiro atoms. The van der Waals surface area contributed by atoms with E-state index in [-0.39, 0.29) is 11.5 Å². The normalized spacial score (nSPS) is 20.2. The molecule has 1 saturated carbocycles. The van der Waals surface area contributed by atoms with E-state index in [4.69, 9.17) is 0 Å². The van der Waals surface area contributed by atoms with Crippen molar-refractivity contribution in [1.82, 2.24) is 10.2 Å². The fraction of sp³-hybridized carbons (Fsp3) is 1.00. The zero-order valence-corrected chi connectivity index (χ0v) is 12.3. The summed E-state index contributed by atoms with van der Waals surface area (Å²) in [6.07, 6.45) is 1.45. The highest BCUT2D eigenvalue weighted by atomic mass is 19.4. The van der Waals surface area contributed by atoms with Crippen LogP contribution in [0.4, 0.5) is 13.2 Å². The van der Waals surface area contributed by atoms with Crippen LogP contribution in [0.2, 0.25) is 0 Å². The third-order valence-electron chi connectivity index (χ3n) is 4.12. The summed E-state index contributed by atoms with van der Waals surface area (Å²) in [5, 5.41) is 3.18. The second kappa shape index (κ2) is 6.93. The zero-order valence-electron chi connectivity index (χ0n) is 12.3. The van der Waals surface area contributed by atoms with Gasteiger partial charge in [0.15, 0.2) is 0 Å². The summed E-state index contributed by atoms with van der Waals surface area (Å²) in [5.41, 5.74) is 0.0164. The summed E-state index contributed by atoms with van der Waals surface area (Å²) in [7, 11) is 1.89. The summed E-state index contributed by atoms with van der Waals surface area (Å²) in [6, 6.07) is -0.0720. The molecule has 0 saturated heterocycles. The van der Waals surface area contributed by atoms with Gasteiger partial charge in [-0.05, 0) is 39.2 Å². The van der Waals surface area contributed by atoms with Gasteiger partial charge in [0.2, 0.25) is 0 Å². The maximum Gasteiger partial charge on any atom is 0.401 e. The maximum atomic E-state index is 12.7. The number of hydrogen-bond donors (Lipinski definition) is 1. The van der Waals surface area contributed by atoms with Crippen molar-refractivity contribution in [1.29, 1.82) is 0 Å². The average molecular weight is 280 g/mol. The Morgan fingerprint density at radius 1 is 1.16 bits per heavy atom. The minimum absolute atomic E-state index is 0.0164. The van der Waals surface area contributed by atoms with Crippen molar-refractivity contribution >= 4 is 0 Å². The van der Waals surface area contributed by atoms with Crippen LogP contribution < -0.4 is 5.32 Å². The van der Waals surface area contributed by atoms with Gasteiger partial charge < -0.3 is 5.32 Å². The molecule has 1 fully saturated rings. The zero-order chi connectivity index (χ0) is 14.5. The van der Waals surface area contributed by atoms with Crippen molar-refractivity contribution in [3.8, 4) is 0 Å². The van der Waals surface area contributed by atoms with Crippen molar-refractivity contribution in [2.24, 2.45) is 5.41 Å². The predicted octanol–water partition coefficient (Wildman–Crippen LogP) is 3.43. The standard InChI is InChI=1S/C14H27F3N2/c1-12(2)19(11-14(15,16)17)10-13(9-18-3)7-5-4-6-8-13/h12,18H,4-11H2,1-3H3. The minimum Gasteiger partial charge on any atom is -0.319 e. The van der Waals surface area contributed by atoms with Gasteiger partial charge in [0, 0.05) is 19.1 Å². The molecule has 0 aromatic rings. The molecule has 0 bridgehead atoms. The van der Waals surface area contributed by atoms with Crippen molar-refractivity contribution < 1.29 is 13.2 Å². The molecule has 0 heterocycles. The molecule has 0 aliphatic heterocycles. The van der Waals surface area contributed by atoms with Gasteiger partial charge in [-0.2, -0.15) is 13.2 Å². The van der Waals surface area contributed by atoms with Crippen molar-refractivity contribution in [2.45, 2.75) is 58.2 Å². The Bertz CT molecular complexity index is 252. The quantitative estimate of drug-likeness (QED) is 0.802. The van der Waals surface area contributed by atoms with Crippen molar-refractivity contribution in [3.63, 3.8) is 0 Å². The first kappa shape index (κ1) is 16.8. The lowest BCUT2D eigenvalue weighted by atomic mass is 9.73. The van der Waals surface area contributed by atoms with Crippen molar-refractivity contribution in [2.75, 3.05) is 26.7 Å². The summed E-state index contributed by atoms with van der Waals surface area (Å²) in [5.74, 6) is 0. The van der Waals surface area contributed by atoms with Crippen LogP contribution >= 0.6 is 0 Å². The lowest BCUT2D eigenvalue weighted by Crippen LogP contribution is -2.49. The van der Waals surface area contributed by atoms with Gasteiger partial charge >= 0.3 is 6.18 Å². The van der Waals surface area contributed by atoms with E-state index in [1.807, 2.05) is 20.9 Å². The molecule has 0 aromatic carbocycles. The van der Waals surface area contributed by atoms with E-state index < -0.39 is 12.7 Å². The van der Waals surface area contributed by atoms with Crippen LogP contribution in [0.3, 0.4) is 0 Å². The largest absolute Gasteiger partial charge is 0.401 e. The predicted molar refractivity (Wildman–Crippen MR) is 72.2 cm³/mol. The Hall–Kier alpha value is -0.290. The summed E-state index contributed by atoms with van der Waals surface area (Å²) < 4.78 is 38.0. The van der Waals surface area contributed by atoms with Crippen LogP contribution in [0.25, 0.3) is 0 Å². The number of nitrogens with one attached hydrogen (secondary N) is 1. The number of rotatable bonds is 6. The lowest BCUT2D eigenvalue weighted by molar-refractivity contribution is -0.154. The molecule has 114 valence electrons. The highest BCUT2D eigenvalue weighted by molar-refractivity contribution is 4.88. The minimum atomic E-state index is -4.11. The SMILES string of the molecule is CNCC1(CN(CC(F)(F)F)C(C)C)CCCCC1. The first-order chi connectivity index (χ1) is 8.78. The van der Waals surface area contributed by atoms with E-state index in [1.165, 1.54) is 6.42 Å². The van der Waals surface area contributed by atoms with E-state index in [0.29, 0.717) is 6.54 Å². The monoisotopic (exact) mass is 280 g/mol. The van der Waals surface area contributed by atoms with Gasteiger partial charge in [-0.3, -0.25) is 4.90 Å². The number of alkyl halides is 3. The Morgan fingerprint density at radius 3 is 2.16 bits per heavy atom. The maximum absolute atomic E-state index is 12.7. The highest BCUT2D eigenvalue weighted by Gasteiger charge is 2.38. The fourth-order valence-corrected chi connectivity index (χ4v) is 3.15. The third kappa shape index (κ3) is 5.69. The molecule has 1 N–H and O–H groups in total. The second-order valence-corrected chi connectivity index (χ2v) is 6.20. The first-order valence-corrected chi connectivity index (χ1v) is 7.23. The molecule has 5 heteroatoms. The summed E-state index contributed by atoms with van der Waals surface area (Å²) in [4.78, 5) is 1.59. The molecule has 1 aliphatic rings. The van der Waals surface area contributed by atoms with Gasteiger partial charge in [-0.25, -0.2) is 0 Å². The molecule has 1 aliphatic carbocycles. The Morgan fingerprint density at radius 2 is 1.74 bits per heavy atom. The molecule has 0 radical (unpaired) electrons. The van der Waals surface area contributed by atoms with Crippen LogP contribution in [0.5, 0.6) is 0 Å². The van der Waals surface area contributed by atoms with Crippen LogP contribution in [0.1, 0.15) is 46.0 Å². The van der Waals surface area contributed by atoms with E-state index in [2.05, 4.69) is 5.32 Å². The number of hydrogen-bond acceptors (Lipinski definition) is 2. The molecular weight excluding hydrogens is 253 g/mol. The van der Waals surface area contributed by atoms with Crippen LogP contribution in [-0.2, 0) is 0 Å². The van der Waals surface area contributed by atoms with Gasteiger partial charge in [-0.15, -0.1) is 0 Å². The van der Waals surface area contributed by atoms with Crippen LogP contribution in [0.15, 0.2) is 0 Å². The molecule has 0 aromatic heterocycles. The molecule has 0 atom stereocenters. The molecular formula is C14H27F3N2. The topological polar surface area (TPSA) is 15.3 Å². The molecule has 19 heavy (non-hydrogen) atoms. The third-order valence-corrected chi connectivity index (χ3v) is 4.12. The first-order valence-electron chi connectivity index (χ1n) is 7.23. The molecule has 0 amide bonds. The second-order valence-electron chi connectivity index (χ2n) is 6.20. The van der Waals surface area contributed by atoms with E-state index in [9.17, 15) is 13.2 Å². The smallest absolute Gasteiger partial charge is 0.319 e. The molecule has 1 rings (SSSR count). The van der Waals surface area contributed by atoms with Gasteiger partial charge in [-0.1, -0.05) is 19.3 Å². The van der Waals surface area contributed by atoms with E-state index in [1.54, 1.807) is 4.90 Å². The Labute approximate surface area is 114 Å². The molecule has 0 unspecified atom stereocenters. The summed E-state index contributed by atoms with van der Waals surface area (Å²) >= 11 is 0. The summed E-state index contributed by atoms with van der Waals surface area (Å²) in [6.45, 7) is 4.26. The fourth-order valence-electron chi connectivity index (χ4n) is 3.15. The van der Waals surface area contributed by atoms with Gasteiger partial charge in [0.25, 0.3) is 0 Å².